The molecule has 1 unspecified atom stereocenters. The molecule has 0 radical (unpaired) electrons. The Hall–Kier alpha value is -3.60. The van der Waals surface area contributed by atoms with Gasteiger partial charge in [0.2, 0.25) is 11.8 Å². The molecule has 0 aliphatic carbocycles. The standard InChI is InChI=1S/C32H37BrClN3O6/c1-6-24(20-10-8-7-9-11-20)28(30(39)35-26-17-14-22(33)18-25(26)34)36-29(38)27(37-31(40)41)21-12-15-23(16-13-21)42-19(2)43-32(3,4)5/h7-19,24,27-28,37H,6H2,1-5H3,(H,35,39)(H,36,38)(H,40,41)/t19-,24-,27?,28-/m0/s1. The van der Waals surface area contributed by atoms with Crippen LogP contribution in [0.3, 0.4) is 0 Å². The molecule has 3 aromatic carbocycles. The van der Waals surface area contributed by atoms with E-state index in [-0.39, 0.29) is 0 Å². The first-order valence-electron chi connectivity index (χ1n) is 13.8. The predicted molar refractivity (Wildman–Crippen MR) is 170 cm³/mol. The summed E-state index contributed by atoms with van der Waals surface area (Å²) in [7, 11) is 0. The zero-order valence-corrected chi connectivity index (χ0v) is 27.0. The maximum Gasteiger partial charge on any atom is 0.405 e. The summed E-state index contributed by atoms with van der Waals surface area (Å²) in [5.41, 5.74) is 1.16. The van der Waals surface area contributed by atoms with Gasteiger partial charge in [0.1, 0.15) is 17.8 Å². The molecule has 4 N–H and O–H groups in total. The molecule has 3 rings (SSSR count). The number of rotatable bonds is 12. The molecule has 0 heterocycles. The molecule has 0 saturated carbocycles. The molecule has 3 aromatic rings. The number of ether oxygens (including phenoxy) is 2. The molecule has 0 fully saturated rings. The van der Waals surface area contributed by atoms with E-state index in [1.54, 1.807) is 49.4 Å². The lowest BCUT2D eigenvalue weighted by Gasteiger charge is -2.29. The van der Waals surface area contributed by atoms with Crippen LogP contribution < -0.4 is 20.7 Å². The molecule has 0 aromatic heterocycles. The fraction of sp³-hybridized carbons (Fsp3) is 0.344. The Kier molecular flexibility index (Phi) is 12.0. The second-order valence-corrected chi connectivity index (χ2v) is 12.2. The van der Waals surface area contributed by atoms with Crippen molar-refractivity contribution in [2.45, 2.75) is 70.9 Å². The van der Waals surface area contributed by atoms with E-state index >= 15 is 0 Å². The molecule has 0 aliphatic rings. The highest BCUT2D eigenvalue weighted by molar-refractivity contribution is 9.10. The third kappa shape index (κ3) is 10.3. The van der Waals surface area contributed by atoms with Crippen molar-refractivity contribution in [3.8, 4) is 5.75 Å². The first-order valence-corrected chi connectivity index (χ1v) is 15.0. The minimum atomic E-state index is -1.40. The summed E-state index contributed by atoms with van der Waals surface area (Å²) in [6.45, 7) is 9.42. The molecule has 230 valence electrons. The normalized spacial score (nSPS) is 14.1. The number of hydrogen-bond donors (Lipinski definition) is 4. The maximum absolute atomic E-state index is 13.7. The summed E-state index contributed by atoms with van der Waals surface area (Å²) in [6, 6.07) is 18.4. The quantitative estimate of drug-likeness (QED) is 0.150. The third-order valence-corrected chi connectivity index (χ3v) is 7.21. The van der Waals surface area contributed by atoms with Gasteiger partial charge in [-0.15, -0.1) is 0 Å². The highest BCUT2D eigenvalue weighted by atomic mass is 79.9. The number of benzene rings is 3. The molecular weight excluding hydrogens is 638 g/mol. The van der Waals surface area contributed by atoms with Gasteiger partial charge in [-0.25, -0.2) is 4.79 Å². The monoisotopic (exact) mass is 673 g/mol. The van der Waals surface area contributed by atoms with Gasteiger partial charge in [-0.3, -0.25) is 9.59 Å². The predicted octanol–water partition coefficient (Wildman–Crippen LogP) is 7.27. The van der Waals surface area contributed by atoms with Crippen LogP contribution in [0.4, 0.5) is 10.5 Å². The highest BCUT2D eigenvalue weighted by Crippen LogP contribution is 2.29. The minimum Gasteiger partial charge on any atom is -0.465 e. The van der Waals surface area contributed by atoms with Gasteiger partial charge in [0.25, 0.3) is 0 Å². The number of amides is 3. The van der Waals surface area contributed by atoms with Crippen LogP contribution in [-0.2, 0) is 14.3 Å². The molecule has 43 heavy (non-hydrogen) atoms. The van der Waals surface area contributed by atoms with E-state index in [0.717, 1.165) is 10.0 Å². The summed E-state index contributed by atoms with van der Waals surface area (Å²) >= 11 is 9.70. The summed E-state index contributed by atoms with van der Waals surface area (Å²) < 4.78 is 12.3. The molecule has 0 aliphatic heterocycles. The molecule has 11 heteroatoms. The average molecular weight is 675 g/mol. The molecular formula is C32H37BrClN3O6. The van der Waals surface area contributed by atoms with Crippen LogP contribution in [0, 0.1) is 0 Å². The first kappa shape index (κ1) is 33.9. The second kappa shape index (κ2) is 15.2. The fourth-order valence-electron chi connectivity index (χ4n) is 4.63. The Morgan fingerprint density at radius 1 is 0.930 bits per heavy atom. The van der Waals surface area contributed by atoms with Crippen molar-refractivity contribution in [2.75, 3.05) is 5.32 Å². The molecule has 3 amide bonds. The maximum atomic E-state index is 13.7. The van der Waals surface area contributed by atoms with E-state index < -0.39 is 47.8 Å². The fourth-order valence-corrected chi connectivity index (χ4v) is 5.35. The van der Waals surface area contributed by atoms with Crippen LogP contribution in [0.1, 0.15) is 64.1 Å². The number of anilines is 1. The second-order valence-electron chi connectivity index (χ2n) is 10.9. The molecule has 0 spiro atoms. The van der Waals surface area contributed by atoms with Crippen molar-refractivity contribution in [3.63, 3.8) is 0 Å². The van der Waals surface area contributed by atoms with E-state index in [4.69, 9.17) is 21.1 Å². The number of carboxylic acid groups (broad SMARTS) is 1. The highest BCUT2D eigenvalue weighted by Gasteiger charge is 2.34. The van der Waals surface area contributed by atoms with Gasteiger partial charge < -0.3 is 30.5 Å². The Morgan fingerprint density at radius 2 is 1.58 bits per heavy atom. The van der Waals surface area contributed by atoms with Crippen LogP contribution >= 0.6 is 27.5 Å². The van der Waals surface area contributed by atoms with E-state index in [2.05, 4.69) is 31.9 Å². The van der Waals surface area contributed by atoms with Crippen molar-refractivity contribution >= 4 is 51.1 Å². The van der Waals surface area contributed by atoms with Crippen LogP contribution in [0.2, 0.25) is 5.02 Å². The van der Waals surface area contributed by atoms with Gasteiger partial charge in [-0.2, -0.15) is 0 Å². The lowest BCUT2D eigenvalue weighted by atomic mass is 9.88. The van der Waals surface area contributed by atoms with E-state index in [9.17, 15) is 19.5 Å². The summed E-state index contributed by atoms with van der Waals surface area (Å²) in [6.07, 6.45) is -1.43. The van der Waals surface area contributed by atoms with Crippen molar-refractivity contribution in [2.24, 2.45) is 0 Å². The Balaban J connectivity index is 1.90. The molecule has 9 nitrogen and oxygen atoms in total. The first-order chi connectivity index (χ1) is 20.3. The van der Waals surface area contributed by atoms with E-state index in [1.165, 1.54) is 0 Å². The van der Waals surface area contributed by atoms with Gasteiger partial charge in [0.05, 0.1) is 16.3 Å². The average Bonchev–Trinajstić information content (AvgIpc) is 2.93. The SMILES string of the molecule is CC[C@@H](c1ccccc1)[C@H](NC(=O)C(NC(=O)O)c1ccc(O[C@H](C)OC(C)(C)C)cc1)C(=O)Nc1ccc(Br)cc1Cl. The Bertz CT molecular complexity index is 1400. The number of carbonyl (C=O) groups excluding carboxylic acids is 2. The Labute approximate surface area is 265 Å². The molecule has 0 saturated heterocycles. The van der Waals surface area contributed by atoms with Crippen molar-refractivity contribution in [3.05, 3.63) is 93.4 Å². The van der Waals surface area contributed by atoms with Crippen molar-refractivity contribution in [1.29, 1.82) is 0 Å². The van der Waals surface area contributed by atoms with Gasteiger partial charge in [0.15, 0.2) is 6.29 Å². The minimum absolute atomic E-state index is 0.315. The Morgan fingerprint density at radius 3 is 2.14 bits per heavy atom. The van der Waals surface area contributed by atoms with Crippen molar-refractivity contribution in [1.82, 2.24) is 10.6 Å². The third-order valence-electron chi connectivity index (χ3n) is 6.40. The van der Waals surface area contributed by atoms with Crippen molar-refractivity contribution < 1.29 is 29.0 Å². The largest absolute Gasteiger partial charge is 0.465 e. The summed E-state index contributed by atoms with van der Waals surface area (Å²) in [4.78, 5) is 39.2. The van der Waals surface area contributed by atoms with Crippen LogP contribution in [-0.4, -0.2) is 40.9 Å². The number of nitrogens with one attached hydrogen (secondary N) is 3. The van der Waals surface area contributed by atoms with Gasteiger partial charge in [-0.1, -0.05) is 76.9 Å². The lowest BCUT2D eigenvalue weighted by molar-refractivity contribution is -0.140. The smallest absolute Gasteiger partial charge is 0.405 e. The van der Waals surface area contributed by atoms with Crippen LogP contribution in [0.15, 0.2) is 77.3 Å². The summed E-state index contributed by atoms with van der Waals surface area (Å²) in [5, 5.41) is 17.8. The van der Waals surface area contributed by atoms with Gasteiger partial charge in [0, 0.05) is 10.4 Å². The van der Waals surface area contributed by atoms with Gasteiger partial charge >= 0.3 is 6.09 Å². The molecule has 4 atom stereocenters. The van der Waals surface area contributed by atoms with Crippen LogP contribution in [0.25, 0.3) is 0 Å². The zero-order chi connectivity index (χ0) is 31.7. The zero-order valence-electron chi connectivity index (χ0n) is 24.7. The number of carbonyl (C=O) groups is 3. The number of halogens is 2. The summed E-state index contributed by atoms with van der Waals surface area (Å²) in [5.74, 6) is -1.14. The number of hydrogen-bond acceptors (Lipinski definition) is 5. The van der Waals surface area contributed by atoms with E-state index in [1.807, 2.05) is 58.0 Å². The topological polar surface area (TPSA) is 126 Å². The molecule has 0 bridgehead atoms. The van der Waals surface area contributed by atoms with Gasteiger partial charge in [-0.05, 0) is 75.6 Å². The lowest BCUT2D eigenvalue weighted by Crippen LogP contribution is -2.51. The van der Waals surface area contributed by atoms with E-state index in [0.29, 0.717) is 28.4 Å². The van der Waals surface area contributed by atoms with Crippen LogP contribution in [0.5, 0.6) is 5.75 Å².